The highest BCUT2D eigenvalue weighted by Gasteiger charge is 2.07. The van der Waals surface area contributed by atoms with E-state index in [1.54, 1.807) is 6.21 Å². The maximum Gasteiger partial charge on any atom is 0.271 e. The van der Waals surface area contributed by atoms with Crippen molar-refractivity contribution in [2.24, 2.45) is 5.10 Å². The van der Waals surface area contributed by atoms with Crippen molar-refractivity contribution in [3.63, 3.8) is 0 Å². The van der Waals surface area contributed by atoms with Crippen LogP contribution in [0.15, 0.2) is 53.6 Å². The zero-order valence-corrected chi connectivity index (χ0v) is 11.9. The van der Waals surface area contributed by atoms with E-state index in [-0.39, 0.29) is 5.56 Å². The lowest BCUT2D eigenvalue weighted by atomic mass is 10.1. The first-order valence-electron chi connectivity index (χ1n) is 6.81. The third kappa shape index (κ3) is 2.74. The summed E-state index contributed by atoms with van der Waals surface area (Å²) in [7, 11) is 0. The highest BCUT2D eigenvalue weighted by Crippen LogP contribution is 2.19. The van der Waals surface area contributed by atoms with Gasteiger partial charge in [0.1, 0.15) is 5.82 Å². The molecular weight excluding hydrogens is 281 g/mol. The summed E-state index contributed by atoms with van der Waals surface area (Å²) in [4.78, 5) is 15.1. The molecule has 0 spiro atoms. The minimum absolute atomic E-state index is 0.229. The largest absolute Gasteiger partial charge is 0.358 e. The highest BCUT2D eigenvalue weighted by molar-refractivity contribution is 6.01. The van der Waals surface area contributed by atoms with E-state index in [0.717, 1.165) is 22.2 Å². The first-order chi connectivity index (χ1) is 10.6. The van der Waals surface area contributed by atoms with Gasteiger partial charge in [-0.1, -0.05) is 24.3 Å². The fraction of sp³-hybridized carbons (Fsp3) is 0.0588. The Bertz CT molecular complexity index is 867. The second-order valence-electron chi connectivity index (χ2n) is 4.92. The van der Waals surface area contributed by atoms with Gasteiger partial charge in [0.15, 0.2) is 0 Å². The molecule has 0 saturated heterocycles. The fourth-order valence-corrected chi connectivity index (χ4v) is 2.31. The molecule has 0 aliphatic carbocycles. The number of aromatic nitrogens is 1. The molecule has 0 saturated carbocycles. The molecule has 0 unspecified atom stereocenters. The molecule has 1 aromatic heterocycles. The minimum atomic E-state index is -0.455. The Morgan fingerprint density at radius 3 is 2.86 bits per heavy atom. The standard InChI is InChI=1S/C17H14FN3O/c1-11-15(14-7-2-3-8-16(14)20-11)10-19-21-17(22)12-5-4-6-13(18)9-12/h2-10,20H,1H3,(H,21,22)/b19-10+. The van der Waals surface area contributed by atoms with Crippen molar-refractivity contribution in [2.45, 2.75) is 6.92 Å². The van der Waals surface area contributed by atoms with Gasteiger partial charge in [0, 0.05) is 27.7 Å². The van der Waals surface area contributed by atoms with Crippen LogP contribution in [0.5, 0.6) is 0 Å². The number of nitrogens with zero attached hydrogens (tertiary/aromatic N) is 1. The van der Waals surface area contributed by atoms with Crippen LogP contribution in [0.2, 0.25) is 0 Å². The Kier molecular flexibility index (Phi) is 3.70. The number of halogens is 1. The van der Waals surface area contributed by atoms with Gasteiger partial charge in [-0.15, -0.1) is 0 Å². The van der Waals surface area contributed by atoms with Crippen molar-refractivity contribution in [2.75, 3.05) is 0 Å². The number of para-hydroxylation sites is 1. The maximum atomic E-state index is 13.1. The van der Waals surface area contributed by atoms with E-state index in [1.807, 2.05) is 31.2 Å². The van der Waals surface area contributed by atoms with Crippen LogP contribution < -0.4 is 5.43 Å². The molecule has 0 atom stereocenters. The van der Waals surface area contributed by atoms with Gasteiger partial charge in [-0.3, -0.25) is 4.79 Å². The Morgan fingerprint density at radius 1 is 1.23 bits per heavy atom. The van der Waals surface area contributed by atoms with Crippen molar-refractivity contribution >= 4 is 23.0 Å². The van der Waals surface area contributed by atoms with Crippen molar-refractivity contribution in [3.8, 4) is 0 Å². The van der Waals surface area contributed by atoms with Crippen LogP contribution in [0.1, 0.15) is 21.6 Å². The molecular formula is C17H14FN3O. The van der Waals surface area contributed by atoms with Crippen molar-refractivity contribution in [3.05, 3.63) is 71.2 Å². The topological polar surface area (TPSA) is 57.2 Å². The van der Waals surface area contributed by atoms with Crippen LogP contribution in [0.25, 0.3) is 10.9 Å². The van der Waals surface area contributed by atoms with E-state index >= 15 is 0 Å². The lowest BCUT2D eigenvalue weighted by Gasteiger charge is -1.99. The number of fused-ring (bicyclic) bond motifs is 1. The lowest BCUT2D eigenvalue weighted by molar-refractivity contribution is 0.0954. The molecule has 0 aliphatic rings. The van der Waals surface area contributed by atoms with E-state index in [4.69, 9.17) is 0 Å². The molecule has 110 valence electrons. The monoisotopic (exact) mass is 295 g/mol. The van der Waals surface area contributed by atoms with Crippen LogP contribution in [0.4, 0.5) is 4.39 Å². The number of nitrogens with one attached hydrogen (secondary N) is 2. The maximum absolute atomic E-state index is 13.1. The highest BCUT2D eigenvalue weighted by atomic mass is 19.1. The van der Waals surface area contributed by atoms with E-state index in [9.17, 15) is 9.18 Å². The van der Waals surface area contributed by atoms with Crippen LogP contribution in [-0.4, -0.2) is 17.1 Å². The molecule has 3 rings (SSSR count). The number of carbonyl (C=O) groups excluding carboxylic acids is 1. The summed E-state index contributed by atoms with van der Waals surface area (Å²) in [6, 6.07) is 13.3. The van der Waals surface area contributed by atoms with Gasteiger partial charge < -0.3 is 4.98 Å². The SMILES string of the molecule is Cc1[nH]c2ccccc2c1/C=N/NC(=O)c1cccc(F)c1. The Hall–Kier alpha value is -2.95. The van der Waals surface area contributed by atoms with Gasteiger partial charge in [0.2, 0.25) is 0 Å². The summed E-state index contributed by atoms with van der Waals surface area (Å²) in [6.07, 6.45) is 1.59. The van der Waals surface area contributed by atoms with Crippen LogP contribution in [0, 0.1) is 12.7 Å². The predicted octanol–water partition coefficient (Wildman–Crippen LogP) is 3.38. The van der Waals surface area contributed by atoms with E-state index in [2.05, 4.69) is 15.5 Å². The van der Waals surface area contributed by atoms with E-state index in [1.165, 1.54) is 24.3 Å². The number of hydrazone groups is 1. The number of carbonyl (C=O) groups is 1. The van der Waals surface area contributed by atoms with Crippen molar-refractivity contribution < 1.29 is 9.18 Å². The molecule has 4 nitrogen and oxygen atoms in total. The molecule has 0 aliphatic heterocycles. The molecule has 0 fully saturated rings. The Labute approximate surface area is 126 Å². The minimum Gasteiger partial charge on any atom is -0.358 e. The predicted molar refractivity (Wildman–Crippen MR) is 84.5 cm³/mol. The van der Waals surface area contributed by atoms with Crippen molar-refractivity contribution in [1.29, 1.82) is 0 Å². The molecule has 3 aromatic rings. The summed E-state index contributed by atoms with van der Waals surface area (Å²) >= 11 is 0. The molecule has 1 heterocycles. The number of hydrogen-bond donors (Lipinski definition) is 2. The molecule has 1 amide bonds. The second-order valence-corrected chi connectivity index (χ2v) is 4.92. The first kappa shape index (κ1) is 14.0. The average molecular weight is 295 g/mol. The number of aryl methyl sites for hydroxylation is 1. The second kappa shape index (κ2) is 5.81. The number of H-pyrrole nitrogens is 1. The number of rotatable bonds is 3. The summed E-state index contributed by atoms with van der Waals surface area (Å²) in [5, 5.41) is 5.00. The first-order valence-corrected chi connectivity index (χ1v) is 6.81. The normalized spacial score (nSPS) is 11.2. The molecule has 22 heavy (non-hydrogen) atoms. The smallest absolute Gasteiger partial charge is 0.271 e. The van der Waals surface area contributed by atoms with Gasteiger partial charge in [0.05, 0.1) is 6.21 Å². The van der Waals surface area contributed by atoms with Crippen LogP contribution in [-0.2, 0) is 0 Å². The van der Waals surface area contributed by atoms with Crippen LogP contribution in [0.3, 0.4) is 0 Å². The Balaban J connectivity index is 1.79. The van der Waals surface area contributed by atoms with E-state index in [0.29, 0.717) is 0 Å². The number of aromatic amines is 1. The summed E-state index contributed by atoms with van der Waals surface area (Å²) in [5.41, 5.74) is 5.52. The van der Waals surface area contributed by atoms with E-state index < -0.39 is 11.7 Å². The molecule has 5 heteroatoms. The fourth-order valence-electron chi connectivity index (χ4n) is 2.31. The summed E-state index contributed by atoms with van der Waals surface area (Å²) in [5.74, 6) is -0.905. The van der Waals surface area contributed by atoms with Crippen molar-refractivity contribution in [1.82, 2.24) is 10.4 Å². The zero-order chi connectivity index (χ0) is 15.5. The summed E-state index contributed by atoms with van der Waals surface area (Å²) in [6.45, 7) is 1.94. The van der Waals surface area contributed by atoms with Gasteiger partial charge in [-0.2, -0.15) is 5.10 Å². The van der Waals surface area contributed by atoms with Gasteiger partial charge in [-0.05, 0) is 31.2 Å². The summed E-state index contributed by atoms with van der Waals surface area (Å²) < 4.78 is 13.1. The number of hydrogen-bond acceptors (Lipinski definition) is 2. The zero-order valence-electron chi connectivity index (χ0n) is 11.9. The number of amides is 1. The number of benzene rings is 2. The lowest BCUT2D eigenvalue weighted by Crippen LogP contribution is -2.17. The molecule has 2 N–H and O–H groups in total. The average Bonchev–Trinajstić information content (AvgIpc) is 2.83. The third-order valence-electron chi connectivity index (χ3n) is 3.39. The molecule has 0 bridgehead atoms. The quantitative estimate of drug-likeness (QED) is 0.565. The third-order valence-corrected chi connectivity index (χ3v) is 3.39. The van der Waals surface area contributed by atoms with Gasteiger partial charge in [-0.25, -0.2) is 9.82 Å². The van der Waals surface area contributed by atoms with Gasteiger partial charge >= 0.3 is 0 Å². The molecule has 2 aromatic carbocycles. The van der Waals surface area contributed by atoms with Gasteiger partial charge in [0.25, 0.3) is 5.91 Å². The van der Waals surface area contributed by atoms with Crippen LogP contribution >= 0.6 is 0 Å². The Morgan fingerprint density at radius 2 is 2.05 bits per heavy atom. The molecule has 0 radical (unpaired) electrons.